The number of benzene rings is 1. The number of hydrogen-bond acceptors (Lipinski definition) is 2. The Morgan fingerprint density at radius 2 is 1.94 bits per heavy atom. The van der Waals surface area contributed by atoms with Crippen LogP contribution in [0.15, 0.2) is 18.2 Å². The van der Waals surface area contributed by atoms with Crippen LogP contribution in [0, 0.1) is 11.6 Å². The molecule has 5 heteroatoms. The number of carboxylic acid groups (broad SMARTS) is 1. The molecule has 1 aromatic carbocycles. The molecule has 1 rings (SSSR count). The summed E-state index contributed by atoms with van der Waals surface area (Å²) in [6.45, 7) is 1.54. The maximum Gasteiger partial charge on any atom is 0.324 e. The van der Waals surface area contributed by atoms with Gasteiger partial charge in [-0.25, -0.2) is 8.78 Å². The third-order valence-electron chi connectivity index (χ3n) is 2.98. The summed E-state index contributed by atoms with van der Waals surface area (Å²) in [4.78, 5) is 12.7. The molecule has 0 radical (unpaired) electrons. The van der Waals surface area contributed by atoms with Gasteiger partial charge in [-0.15, -0.1) is 0 Å². The van der Waals surface area contributed by atoms with Crippen molar-refractivity contribution in [1.29, 1.82) is 0 Å². The number of likely N-dealkylation sites (N-methyl/N-ethyl adjacent to an activating group) is 1. The van der Waals surface area contributed by atoms with Crippen LogP contribution in [0.1, 0.15) is 12.5 Å². The van der Waals surface area contributed by atoms with Crippen molar-refractivity contribution < 1.29 is 18.7 Å². The van der Waals surface area contributed by atoms with Crippen LogP contribution in [0.2, 0.25) is 0 Å². The van der Waals surface area contributed by atoms with Crippen molar-refractivity contribution in [2.45, 2.75) is 18.9 Å². The molecule has 0 aliphatic rings. The molecule has 1 atom stereocenters. The van der Waals surface area contributed by atoms with E-state index in [9.17, 15) is 18.7 Å². The lowest BCUT2D eigenvalue weighted by atomic mass is 9.91. The highest BCUT2D eigenvalue weighted by atomic mass is 19.2. The monoisotopic (exact) mass is 243 g/mol. The summed E-state index contributed by atoms with van der Waals surface area (Å²) in [7, 11) is 3.27. The Kier molecular flexibility index (Phi) is 3.83. The van der Waals surface area contributed by atoms with E-state index in [0.717, 1.165) is 12.1 Å². The van der Waals surface area contributed by atoms with Crippen LogP contribution in [0.4, 0.5) is 8.78 Å². The predicted molar refractivity (Wildman–Crippen MR) is 59.8 cm³/mol. The molecule has 0 bridgehead atoms. The fourth-order valence-corrected chi connectivity index (χ4v) is 1.47. The molecule has 0 amide bonds. The Bertz CT molecular complexity index is 435. The van der Waals surface area contributed by atoms with Gasteiger partial charge in [0.05, 0.1) is 0 Å². The lowest BCUT2D eigenvalue weighted by Gasteiger charge is -2.32. The van der Waals surface area contributed by atoms with Gasteiger partial charge in [0.2, 0.25) is 0 Å². The fourth-order valence-electron chi connectivity index (χ4n) is 1.47. The summed E-state index contributed by atoms with van der Waals surface area (Å²) in [5.41, 5.74) is -0.702. The van der Waals surface area contributed by atoms with Gasteiger partial charge in [0.1, 0.15) is 5.54 Å². The maximum absolute atomic E-state index is 13.0. The molecule has 0 saturated carbocycles. The number of hydrogen-bond donors (Lipinski definition) is 1. The first-order valence-electron chi connectivity index (χ1n) is 5.12. The van der Waals surface area contributed by atoms with E-state index >= 15 is 0 Å². The molecular weight excluding hydrogens is 228 g/mol. The Balaban J connectivity index is 3.02. The van der Waals surface area contributed by atoms with E-state index in [-0.39, 0.29) is 6.42 Å². The second-order valence-electron chi connectivity index (χ2n) is 4.40. The van der Waals surface area contributed by atoms with E-state index in [4.69, 9.17) is 0 Å². The molecule has 17 heavy (non-hydrogen) atoms. The zero-order valence-corrected chi connectivity index (χ0v) is 10.00. The predicted octanol–water partition coefficient (Wildman–Crippen LogP) is 1.91. The van der Waals surface area contributed by atoms with E-state index < -0.39 is 23.1 Å². The number of nitrogens with zero attached hydrogens (tertiary/aromatic N) is 1. The van der Waals surface area contributed by atoms with Crippen LogP contribution < -0.4 is 0 Å². The third-order valence-corrected chi connectivity index (χ3v) is 2.98. The van der Waals surface area contributed by atoms with Gasteiger partial charge in [-0.05, 0) is 38.7 Å². The van der Waals surface area contributed by atoms with Crippen molar-refractivity contribution in [2.75, 3.05) is 14.1 Å². The first-order valence-corrected chi connectivity index (χ1v) is 5.12. The van der Waals surface area contributed by atoms with Crippen molar-refractivity contribution in [3.8, 4) is 0 Å². The molecule has 1 N–H and O–H groups in total. The number of carboxylic acids is 1. The molecule has 0 heterocycles. The van der Waals surface area contributed by atoms with Gasteiger partial charge in [0, 0.05) is 6.42 Å². The van der Waals surface area contributed by atoms with Crippen LogP contribution in [0.5, 0.6) is 0 Å². The molecule has 1 unspecified atom stereocenters. The topological polar surface area (TPSA) is 40.5 Å². The van der Waals surface area contributed by atoms with Crippen LogP contribution in [-0.2, 0) is 11.2 Å². The van der Waals surface area contributed by atoms with Gasteiger partial charge in [0.15, 0.2) is 11.6 Å². The largest absolute Gasteiger partial charge is 0.480 e. The number of carbonyl (C=O) groups is 1. The van der Waals surface area contributed by atoms with Gasteiger partial charge < -0.3 is 5.11 Å². The fraction of sp³-hybridized carbons (Fsp3) is 0.417. The highest BCUT2D eigenvalue weighted by Gasteiger charge is 2.35. The van der Waals surface area contributed by atoms with Gasteiger partial charge in [0.25, 0.3) is 0 Å². The molecule has 3 nitrogen and oxygen atoms in total. The number of rotatable bonds is 4. The molecule has 0 aromatic heterocycles. The van der Waals surface area contributed by atoms with Crippen LogP contribution in [0.3, 0.4) is 0 Å². The van der Waals surface area contributed by atoms with Crippen LogP contribution in [-0.4, -0.2) is 35.6 Å². The molecule has 0 aliphatic heterocycles. The van der Waals surface area contributed by atoms with Gasteiger partial charge in [-0.1, -0.05) is 6.07 Å². The van der Waals surface area contributed by atoms with Crippen LogP contribution in [0.25, 0.3) is 0 Å². The first-order chi connectivity index (χ1) is 7.77. The van der Waals surface area contributed by atoms with Gasteiger partial charge in [-0.3, -0.25) is 9.69 Å². The summed E-state index contributed by atoms with van der Waals surface area (Å²) < 4.78 is 25.8. The number of aliphatic carboxylic acids is 1. The molecular formula is C12H15F2NO2. The zero-order valence-electron chi connectivity index (χ0n) is 10.00. The second-order valence-corrected chi connectivity index (χ2v) is 4.40. The highest BCUT2D eigenvalue weighted by molar-refractivity contribution is 5.78. The minimum atomic E-state index is -1.15. The summed E-state index contributed by atoms with van der Waals surface area (Å²) in [5.74, 6) is -2.91. The average molecular weight is 243 g/mol. The second kappa shape index (κ2) is 4.79. The minimum Gasteiger partial charge on any atom is -0.480 e. The Hall–Kier alpha value is -1.49. The minimum absolute atomic E-state index is 0.104. The zero-order chi connectivity index (χ0) is 13.2. The highest BCUT2D eigenvalue weighted by Crippen LogP contribution is 2.20. The number of halogens is 2. The Morgan fingerprint density at radius 3 is 2.35 bits per heavy atom. The standard InChI is InChI=1S/C12H15F2NO2/c1-12(11(16)17,15(2)3)7-8-4-5-9(13)10(14)6-8/h4-6H,7H2,1-3H3,(H,16,17). The van der Waals surface area contributed by atoms with Gasteiger partial charge >= 0.3 is 5.97 Å². The SMILES string of the molecule is CN(C)C(C)(Cc1ccc(F)c(F)c1)C(=O)O. The quantitative estimate of drug-likeness (QED) is 0.878. The lowest BCUT2D eigenvalue weighted by molar-refractivity contribution is -0.148. The summed E-state index contributed by atoms with van der Waals surface area (Å²) >= 11 is 0. The average Bonchev–Trinajstić information content (AvgIpc) is 2.22. The summed E-state index contributed by atoms with van der Waals surface area (Å²) in [6, 6.07) is 3.42. The molecule has 0 aliphatic carbocycles. The van der Waals surface area contributed by atoms with E-state index in [2.05, 4.69) is 0 Å². The van der Waals surface area contributed by atoms with Crippen molar-refractivity contribution >= 4 is 5.97 Å². The van der Waals surface area contributed by atoms with Crippen molar-refractivity contribution in [3.63, 3.8) is 0 Å². The smallest absolute Gasteiger partial charge is 0.324 e. The molecule has 0 saturated heterocycles. The first kappa shape index (κ1) is 13.6. The van der Waals surface area contributed by atoms with Gasteiger partial charge in [-0.2, -0.15) is 0 Å². The van der Waals surface area contributed by atoms with E-state index in [1.807, 2.05) is 0 Å². The van der Waals surface area contributed by atoms with Crippen molar-refractivity contribution in [1.82, 2.24) is 4.90 Å². The summed E-state index contributed by atoms with van der Waals surface area (Å²) in [6.07, 6.45) is 0.104. The molecule has 0 fully saturated rings. The summed E-state index contributed by atoms with van der Waals surface area (Å²) in [5, 5.41) is 9.18. The van der Waals surface area contributed by atoms with Crippen molar-refractivity contribution in [3.05, 3.63) is 35.4 Å². The van der Waals surface area contributed by atoms with E-state index in [1.165, 1.54) is 17.9 Å². The Morgan fingerprint density at radius 1 is 1.35 bits per heavy atom. The van der Waals surface area contributed by atoms with Crippen molar-refractivity contribution in [2.24, 2.45) is 0 Å². The lowest BCUT2D eigenvalue weighted by Crippen LogP contribution is -2.50. The van der Waals surface area contributed by atoms with E-state index in [1.54, 1.807) is 14.1 Å². The maximum atomic E-state index is 13.0. The third kappa shape index (κ3) is 2.79. The van der Waals surface area contributed by atoms with Crippen LogP contribution >= 0.6 is 0 Å². The molecule has 0 spiro atoms. The molecule has 94 valence electrons. The van der Waals surface area contributed by atoms with E-state index in [0.29, 0.717) is 5.56 Å². The Labute approximate surface area is 98.7 Å². The normalized spacial score (nSPS) is 14.7. The molecule has 1 aromatic rings.